The molecule has 1 saturated heterocycles. The lowest BCUT2D eigenvalue weighted by Crippen LogP contribution is -2.41. The van der Waals surface area contributed by atoms with E-state index in [1.807, 2.05) is 17.5 Å². The van der Waals surface area contributed by atoms with Crippen molar-refractivity contribution in [2.75, 3.05) is 33.4 Å². The van der Waals surface area contributed by atoms with Gasteiger partial charge in [0.25, 0.3) is 5.91 Å². The van der Waals surface area contributed by atoms with Crippen LogP contribution in [0.3, 0.4) is 0 Å². The van der Waals surface area contributed by atoms with Crippen molar-refractivity contribution in [2.45, 2.75) is 18.9 Å². The van der Waals surface area contributed by atoms with Crippen molar-refractivity contribution in [3.63, 3.8) is 0 Å². The fourth-order valence-corrected chi connectivity index (χ4v) is 3.75. The second-order valence-corrected chi connectivity index (χ2v) is 6.76. The van der Waals surface area contributed by atoms with E-state index in [9.17, 15) is 4.79 Å². The first-order chi connectivity index (χ1) is 9.78. The molecule has 2 fully saturated rings. The predicted molar refractivity (Wildman–Crippen MR) is 80.1 cm³/mol. The topological polar surface area (TPSA) is 41.6 Å². The van der Waals surface area contributed by atoms with Crippen LogP contribution in [0.1, 0.15) is 22.5 Å². The molecule has 0 radical (unpaired) electrons. The minimum Gasteiger partial charge on any atom is -0.383 e. The summed E-state index contributed by atoms with van der Waals surface area (Å²) in [5.41, 5.74) is 0. The molecule has 1 N–H and O–H groups in total. The number of methoxy groups -OCH3 is 1. The lowest BCUT2D eigenvalue weighted by molar-refractivity contribution is 0.0931. The van der Waals surface area contributed by atoms with Crippen LogP contribution in [0.2, 0.25) is 0 Å². The number of nitrogens with one attached hydrogen (secondary N) is 1. The van der Waals surface area contributed by atoms with Crippen molar-refractivity contribution in [1.82, 2.24) is 10.2 Å². The Morgan fingerprint density at radius 2 is 2.35 bits per heavy atom. The zero-order valence-electron chi connectivity index (χ0n) is 11.9. The van der Waals surface area contributed by atoms with Crippen LogP contribution in [0, 0.1) is 11.8 Å². The van der Waals surface area contributed by atoms with Gasteiger partial charge in [0.15, 0.2) is 0 Å². The third-order valence-corrected chi connectivity index (χ3v) is 5.21. The molecule has 0 bridgehead atoms. The Morgan fingerprint density at radius 1 is 1.50 bits per heavy atom. The van der Waals surface area contributed by atoms with E-state index in [1.165, 1.54) is 24.2 Å². The van der Waals surface area contributed by atoms with E-state index in [1.54, 1.807) is 7.11 Å². The number of nitrogens with zero attached hydrogens (tertiary/aromatic N) is 1. The molecule has 5 heteroatoms. The van der Waals surface area contributed by atoms with Crippen molar-refractivity contribution in [3.8, 4) is 0 Å². The highest BCUT2D eigenvalue weighted by Gasteiger charge is 2.42. The summed E-state index contributed by atoms with van der Waals surface area (Å²) in [7, 11) is 1.74. The molecule has 110 valence electrons. The first kappa shape index (κ1) is 14.0. The standard InChI is InChI=1S/C15H22N2O2S/c1-19-7-6-17-9-12(11-4-5-11)13(10-17)16-15(18)14-3-2-8-20-14/h2-3,8,11-13H,4-7,9-10H2,1H3,(H,16,18)/t12-,13+/m0/s1. The SMILES string of the molecule is COCCN1C[C@@H](NC(=O)c2cccs2)[C@H](C2CC2)C1. The number of ether oxygens (including phenoxy) is 1. The van der Waals surface area contributed by atoms with E-state index in [0.717, 1.165) is 37.0 Å². The van der Waals surface area contributed by atoms with Crippen LogP contribution in [-0.2, 0) is 4.74 Å². The van der Waals surface area contributed by atoms with Gasteiger partial charge in [0.1, 0.15) is 0 Å². The number of likely N-dealkylation sites (tertiary alicyclic amines) is 1. The average molecular weight is 294 g/mol. The number of hydrogen-bond acceptors (Lipinski definition) is 4. The van der Waals surface area contributed by atoms with E-state index < -0.39 is 0 Å². The first-order valence-electron chi connectivity index (χ1n) is 7.33. The van der Waals surface area contributed by atoms with Gasteiger partial charge in [-0.05, 0) is 36.1 Å². The Bertz CT molecular complexity index is 445. The van der Waals surface area contributed by atoms with Gasteiger partial charge in [-0.3, -0.25) is 9.69 Å². The highest BCUT2D eigenvalue weighted by molar-refractivity contribution is 7.12. The van der Waals surface area contributed by atoms with Crippen molar-refractivity contribution in [3.05, 3.63) is 22.4 Å². The van der Waals surface area contributed by atoms with Crippen LogP contribution in [0.5, 0.6) is 0 Å². The number of thiophene rings is 1. The minimum atomic E-state index is 0.0873. The Hall–Kier alpha value is -0.910. The second-order valence-electron chi connectivity index (χ2n) is 5.81. The molecule has 2 heterocycles. The van der Waals surface area contributed by atoms with Crippen LogP contribution in [-0.4, -0.2) is 50.2 Å². The molecule has 0 unspecified atom stereocenters. The van der Waals surface area contributed by atoms with Crippen LogP contribution < -0.4 is 5.32 Å². The lowest BCUT2D eigenvalue weighted by Gasteiger charge is -2.19. The number of amides is 1. The predicted octanol–water partition coefficient (Wildman–Crippen LogP) is 1.83. The normalized spacial score (nSPS) is 26.9. The molecule has 1 saturated carbocycles. The van der Waals surface area contributed by atoms with Gasteiger partial charge < -0.3 is 10.1 Å². The van der Waals surface area contributed by atoms with Crippen molar-refractivity contribution < 1.29 is 9.53 Å². The third kappa shape index (κ3) is 3.22. The smallest absolute Gasteiger partial charge is 0.261 e. The molecule has 0 spiro atoms. The lowest BCUT2D eigenvalue weighted by atomic mass is 9.98. The van der Waals surface area contributed by atoms with Crippen LogP contribution in [0.25, 0.3) is 0 Å². The molecule has 1 aliphatic heterocycles. The Morgan fingerprint density at radius 3 is 3.00 bits per heavy atom. The molecule has 20 heavy (non-hydrogen) atoms. The van der Waals surface area contributed by atoms with Crippen molar-refractivity contribution >= 4 is 17.2 Å². The van der Waals surface area contributed by atoms with Crippen LogP contribution in [0.15, 0.2) is 17.5 Å². The minimum absolute atomic E-state index is 0.0873. The summed E-state index contributed by atoms with van der Waals surface area (Å²) in [4.78, 5) is 15.5. The molecule has 4 nitrogen and oxygen atoms in total. The Labute approximate surface area is 124 Å². The van der Waals surface area contributed by atoms with Crippen LogP contribution in [0.4, 0.5) is 0 Å². The molecule has 3 rings (SSSR count). The van der Waals surface area contributed by atoms with Gasteiger partial charge in [-0.25, -0.2) is 0 Å². The average Bonchev–Trinajstić information content (AvgIpc) is 3.00. The van der Waals surface area contributed by atoms with E-state index in [0.29, 0.717) is 12.0 Å². The van der Waals surface area contributed by atoms with Crippen LogP contribution >= 0.6 is 11.3 Å². The maximum Gasteiger partial charge on any atom is 0.261 e. The first-order valence-corrected chi connectivity index (χ1v) is 8.21. The van der Waals surface area contributed by atoms with Gasteiger partial charge >= 0.3 is 0 Å². The van der Waals surface area contributed by atoms with Gasteiger partial charge in [-0.15, -0.1) is 11.3 Å². The van der Waals surface area contributed by atoms with Gasteiger partial charge in [-0.1, -0.05) is 6.07 Å². The molecular formula is C15H22N2O2S. The molecule has 2 aliphatic rings. The largest absolute Gasteiger partial charge is 0.383 e. The quantitative estimate of drug-likeness (QED) is 0.870. The van der Waals surface area contributed by atoms with E-state index in [2.05, 4.69) is 10.2 Å². The zero-order chi connectivity index (χ0) is 13.9. The number of hydrogen-bond donors (Lipinski definition) is 1. The summed E-state index contributed by atoms with van der Waals surface area (Å²) < 4.78 is 5.16. The summed E-state index contributed by atoms with van der Waals surface area (Å²) in [5.74, 6) is 1.52. The zero-order valence-corrected chi connectivity index (χ0v) is 12.7. The molecular weight excluding hydrogens is 272 g/mol. The molecule has 0 aromatic carbocycles. The number of carbonyl (C=O) groups excluding carboxylic acids is 1. The molecule has 1 aromatic rings. The van der Waals surface area contributed by atoms with E-state index in [-0.39, 0.29) is 5.91 Å². The maximum atomic E-state index is 12.2. The van der Waals surface area contributed by atoms with Gasteiger partial charge in [0, 0.05) is 32.8 Å². The Balaban J connectivity index is 1.59. The van der Waals surface area contributed by atoms with Gasteiger partial charge in [0.2, 0.25) is 0 Å². The number of carbonyl (C=O) groups is 1. The molecule has 1 aliphatic carbocycles. The fraction of sp³-hybridized carbons (Fsp3) is 0.667. The second kappa shape index (κ2) is 6.24. The Kier molecular flexibility index (Phi) is 4.38. The third-order valence-electron chi connectivity index (χ3n) is 4.34. The summed E-state index contributed by atoms with van der Waals surface area (Å²) in [6.07, 6.45) is 2.66. The summed E-state index contributed by atoms with van der Waals surface area (Å²) in [6, 6.07) is 4.12. The molecule has 2 atom stereocenters. The summed E-state index contributed by atoms with van der Waals surface area (Å²) in [6.45, 7) is 3.79. The fourth-order valence-electron chi connectivity index (χ4n) is 3.12. The van der Waals surface area contributed by atoms with Gasteiger partial charge in [-0.2, -0.15) is 0 Å². The summed E-state index contributed by atoms with van der Waals surface area (Å²) >= 11 is 1.51. The highest BCUT2D eigenvalue weighted by Crippen LogP contribution is 2.41. The van der Waals surface area contributed by atoms with E-state index in [4.69, 9.17) is 4.74 Å². The van der Waals surface area contributed by atoms with Crippen molar-refractivity contribution in [2.24, 2.45) is 11.8 Å². The maximum absolute atomic E-state index is 12.2. The van der Waals surface area contributed by atoms with Gasteiger partial charge in [0.05, 0.1) is 11.5 Å². The van der Waals surface area contributed by atoms with E-state index >= 15 is 0 Å². The highest BCUT2D eigenvalue weighted by atomic mass is 32.1. The number of rotatable bonds is 6. The van der Waals surface area contributed by atoms with Crippen molar-refractivity contribution in [1.29, 1.82) is 0 Å². The summed E-state index contributed by atoms with van der Waals surface area (Å²) in [5, 5.41) is 5.20. The molecule has 1 aromatic heterocycles. The monoisotopic (exact) mass is 294 g/mol. The molecule has 1 amide bonds.